The van der Waals surface area contributed by atoms with Crippen molar-refractivity contribution in [1.29, 1.82) is 0 Å². The van der Waals surface area contributed by atoms with Gasteiger partial charge in [-0.3, -0.25) is 4.40 Å². The number of carbonyl (C=O) groups is 1. The molecule has 0 spiro atoms. The number of hydrogen-bond acceptors (Lipinski definition) is 6. The predicted octanol–water partition coefficient (Wildman–Crippen LogP) is 4.41. The standard InChI is InChI=1S/C18H12N4O4/c23-13-7-3-9-22-16(13)19-15(14-8-4-10-26-14)17(22)21-20-12-6-2-1-5-11(12)18(24)25/h1-10,23H,(H,24,25). The van der Waals surface area contributed by atoms with Gasteiger partial charge in [0.2, 0.25) is 0 Å². The fourth-order valence-electron chi connectivity index (χ4n) is 2.56. The maximum atomic E-state index is 11.3. The van der Waals surface area contributed by atoms with Gasteiger partial charge in [0.05, 0.1) is 11.8 Å². The molecule has 0 aliphatic carbocycles. The summed E-state index contributed by atoms with van der Waals surface area (Å²) in [7, 11) is 0. The summed E-state index contributed by atoms with van der Waals surface area (Å²) in [5, 5.41) is 27.6. The highest BCUT2D eigenvalue weighted by Gasteiger charge is 2.18. The molecule has 8 nitrogen and oxygen atoms in total. The molecule has 4 rings (SSSR count). The number of aromatic carboxylic acids is 1. The molecular formula is C18H12N4O4. The molecule has 0 radical (unpaired) electrons. The number of pyridine rings is 1. The second-order valence-corrected chi connectivity index (χ2v) is 5.37. The zero-order valence-corrected chi connectivity index (χ0v) is 13.3. The fraction of sp³-hybridized carbons (Fsp3) is 0. The first-order chi connectivity index (χ1) is 12.6. The summed E-state index contributed by atoms with van der Waals surface area (Å²) in [6.45, 7) is 0. The van der Waals surface area contributed by atoms with E-state index in [4.69, 9.17) is 4.42 Å². The normalized spacial score (nSPS) is 11.4. The van der Waals surface area contributed by atoms with Crippen LogP contribution in [0.3, 0.4) is 0 Å². The highest BCUT2D eigenvalue weighted by atomic mass is 16.4. The Balaban J connectivity index is 1.90. The van der Waals surface area contributed by atoms with Gasteiger partial charge in [-0.1, -0.05) is 12.1 Å². The molecule has 3 heterocycles. The first-order valence-corrected chi connectivity index (χ1v) is 7.63. The lowest BCUT2D eigenvalue weighted by atomic mass is 10.2. The summed E-state index contributed by atoms with van der Waals surface area (Å²) < 4.78 is 6.95. The van der Waals surface area contributed by atoms with Gasteiger partial charge in [0.15, 0.2) is 28.7 Å². The van der Waals surface area contributed by atoms with Crippen LogP contribution in [-0.4, -0.2) is 25.6 Å². The van der Waals surface area contributed by atoms with Gasteiger partial charge in [-0.15, -0.1) is 10.2 Å². The molecule has 26 heavy (non-hydrogen) atoms. The van der Waals surface area contributed by atoms with Gasteiger partial charge in [-0.25, -0.2) is 9.78 Å². The Bertz CT molecular complexity index is 1130. The average molecular weight is 348 g/mol. The first kappa shape index (κ1) is 15.6. The van der Waals surface area contributed by atoms with E-state index in [0.29, 0.717) is 22.9 Å². The molecule has 0 amide bonds. The van der Waals surface area contributed by atoms with E-state index >= 15 is 0 Å². The summed E-state index contributed by atoms with van der Waals surface area (Å²) >= 11 is 0. The van der Waals surface area contributed by atoms with Crippen LogP contribution in [0.5, 0.6) is 5.75 Å². The molecule has 3 aromatic heterocycles. The molecule has 0 fully saturated rings. The summed E-state index contributed by atoms with van der Waals surface area (Å²) in [4.78, 5) is 15.7. The molecular weight excluding hydrogens is 336 g/mol. The van der Waals surface area contributed by atoms with Crippen LogP contribution < -0.4 is 0 Å². The van der Waals surface area contributed by atoms with E-state index < -0.39 is 5.97 Å². The van der Waals surface area contributed by atoms with Crippen LogP contribution in [0.4, 0.5) is 11.5 Å². The Morgan fingerprint density at radius 2 is 1.92 bits per heavy atom. The first-order valence-electron chi connectivity index (χ1n) is 7.63. The number of fused-ring (bicyclic) bond motifs is 1. The molecule has 4 aromatic rings. The number of furan rings is 1. The number of rotatable bonds is 4. The monoisotopic (exact) mass is 348 g/mol. The molecule has 0 atom stereocenters. The van der Waals surface area contributed by atoms with Gasteiger partial charge in [-0.2, -0.15) is 0 Å². The van der Waals surface area contributed by atoms with E-state index in [1.165, 1.54) is 18.4 Å². The number of aromatic hydroxyl groups is 1. The zero-order chi connectivity index (χ0) is 18.1. The number of azo groups is 1. The van der Waals surface area contributed by atoms with E-state index in [1.54, 1.807) is 47.0 Å². The molecule has 0 saturated heterocycles. The summed E-state index contributed by atoms with van der Waals surface area (Å²) in [5.41, 5.74) is 0.917. The number of aromatic nitrogens is 2. The average Bonchev–Trinajstić information content (AvgIpc) is 3.28. The SMILES string of the molecule is O=C(O)c1ccccc1N=Nc1c(-c2ccco2)nc2c(O)cccn12. The Morgan fingerprint density at radius 3 is 2.69 bits per heavy atom. The van der Waals surface area contributed by atoms with E-state index in [1.807, 2.05) is 0 Å². The van der Waals surface area contributed by atoms with Crippen molar-refractivity contribution >= 4 is 23.1 Å². The number of benzene rings is 1. The third kappa shape index (κ3) is 2.59. The van der Waals surface area contributed by atoms with Crippen molar-refractivity contribution in [2.75, 3.05) is 0 Å². The maximum absolute atomic E-state index is 11.3. The van der Waals surface area contributed by atoms with Crippen molar-refractivity contribution in [2.24, 2.45) is 10.2 Å². The maximum Gasteiger partial charge on any atom is 0.337 e. The van der Waals surface area contributed by atoms with Crippen LogP contribution in [0.1, 0.15) is 10.4 Å². The topological polar surface area (TPSA) is 113 Å². The van der Waals surface area contributed by atoms with E-state index in [2.05, 4.69) is 15.2 Å². The predicted molar refractivity (Wildman–Crippen MR) is 92.1 cm³/mol. The van der Waals surface area contributed by atoms with Gasteiger partial charge >= 0.3 is 5.97 Å². The van der Waals surface area contributed by atoms with Crippen LogP contribution in [0.15, 0.2) is 75.6 Å². The van der Waals surface area contributed by atoms with Crippen molar-refractivity contribution in [3.05, 3.63) is 66.6 Å². The third-order valence-electron chi connectivity index (χ3n) is 3.75. The van der Waals surface area contributed by atoms with Crippen molar-refractivity contribution in [3.63, 3.8) is 0 Å². The van der Waals surface area contributed by atoms with E-state index in [-0.39, 0.29) is 17.0 Å². The number of carboxylic acids is 1. The molecule has 0 unspecified atom stereocenters. The third-order valence-corrected chi connectivity index (χ3v) is 3.75. The summed E-state index contributed by atoms with van der Waals surface area (Å²) in [6, 6.07) is 12.9. The van der Waals surface area contributed by atoms with Crippen LogP contribution >= 0.6 is 0 Å². The Labute approximate surface area is 146 Å². The zero-order valence-electron chi connectivity index (χ0n) is 13.3. The van der Waals surface area contributed by atoms with E-state index in [0.717, 1.165) is 0 Å². The van der Waals surface area contributed by atoms with Gasteiger partial charge in [-0.05, 0) is 36.4 Å². The van der Waals surface area contributed by atoms with Crippen LogP contribution in [-0.2, 0) is 0 Å². The molecule has 1 aromatic carbocycles. The minimum Gasteiger partial charge on any atom is -0.504 e. The Morgan fingerprint density at radius 1 is 1.08 bits per heavy atom. The van der Waals surface area contributed by atoms with Crippen molar-refractivity contribution < 1.29 is 19.4 Å². The molecule has 2 N–H and O–H groups in total. The van der Waals surface area contributed by atoms with Crippen molar-refractivity contribution in [3.8, 4) is 17.2 Å². The molecule has 8 heteroatoms. The lowest BCUT2D eigenvalue weighted by Gasteiger charge is -2.00. The van der Waals surface area contributed by atoms with Gasteiger partial charge in [0.25, 0.3) is 0 Å². The Hall–Kier alpha value is -3.94. The second-order valence-electron chi connectivity index (χ2n) is 5.37. The van der Waals surface area contributed by atoms with Gasteiger partial charge in [0, 0.05) is 6.20 Å². The highest BCUT2D eigenvalue weighted by molar-refractivity contribution is 5.93. The smallest absolute Gasteiger partial charge is 0.337 e. The lowest BCUT2D eigenvalue weighted by molar-refractivity contribution is 0.0697. The van der Waals surface area contributed by atoms with Gasteiger partial charge in [0.1, 0.15) is 5.69 Å². The second kappa shape index (κ2) is 6.17. The highest BCUT2D eigenvalue weighted by Crippen LogP contribution is 2.35. The minimum absolute atomic E-state index is 0.0207. The molecule has 0 bridgehead atoms. The van der Waals surface area contributed by atoms with Crippen LogP contribution in [0.25, 0.3) is 17.1 Å². The molecule has 0 aliphatic heterocycles. The lowest BCUT2D eigenvalue weighted by Crippen LogP contribution is -1.95. The largest absolute Gasteiger partial charge is 0.504 e. The molecule has 0 aliphatic rings. The van der Waals surface area contributed by atoms with Crippen LogP contribution in [0, 0.1) is 0 Å². The van der Waals surface area contributed by atoms with Crippen molar-refractivity contribution in [2.45, 2.75) is 0 Å². The quantitative estimate of drug-likeness (QED) is 0.530. The molecule has 0 saturated carbocycles. The number of hydrogen-bond donors (Lipinski definition) is 2. The molecule has 128 valence electrons. The van der Waals surface area contributed by atoms with Crippen molar-refractivity contribution in [1.82, 2.24) is 9.38 Å². The summed E-state index contributed by atoms with van der Waals surface area (Å²) in [6.07, 6.45) is 3.17. The fourth-order valence-corrected chi connectivity index (χ4v) is 2.56. The van der Waals surface area contributed by atoms with Crippen LogP contribution in [0.2, 0.25) is 0 Å². The number of nitrogens with zero attached hydrogens (tertiary/aromatic N) is 4. The Kier molecular flexibility index (Phi) is 3.70. The minimum atomic E-state index is -1.10. The number of imidazole rings is 1. The summed E-state index contributed by atoms with van der Waals surface area (Å²) in [5.74, 6) is -0.353. The van der Waals surface area contributed by atoms with E-state index in [9.17, 15) is 15.0 Å². The van der Waals surface area contributed by atoms with Gasteiger partial charge < -0.3 is 14.6 Å². The number of carboxylic acid groups (broad SMARTS) is 1.